The van der Waals surface area contributed by atoms with Gasteiger partial charge in [-0.15, -0.1) is 0 Å². The average molecular weight is 235 g/mol. The maximum absolute atomic E-state index is 5.73. The molecule has 4 nitrogen and oxygen atoms in total. The fraction of sp³-hybridized carbons (Fsp3) is 0.615. The van der Waals surface area contributed by atoms with Crippen molar-refractivity contribution in [2.75, 3.05) is 37.4 Å². The molecule has 94 valence electrons. The predicted octanol–water partition coefficient (Wildman–Crippen LogP) is 1.84. The van der Waals surface area contributed by atoms with E-state index in [0.29, 0.717) is 5.92 Å². The van der Waals surface area contributed by atoms with Gasteiger partial charge in [0, 0.05) is 20.2 Å². The minimum absolute atomic E-state index is 0.618. The molecule has 1 saturated heterocycles. The maximum Gasteiger partial charge on any atom is 0.131 e. The number of nitrogens with zero attached hydrogens (tertiary/aromatic N) is 2. The summed E-state index contributed by atoms with van der Waals surface area (Å²) in [5, 5.41) is 0. The van der Waals surface area contributed by atoms with Crippen molar-refractivity contribution in [3.8, 4) is 0 Å². The first-order valence-corrected chi connectivity index (χ1v) is 6.16. The highest BCUT2D eigenvalue weighted by atomic mass is 16.5. The Kier molecular flexibility index (Phi) is 3.84. The number of aryl methyl sites for hydroxylation is 1. The zero-order valence-electron chi connectivity index (χ0n) is 10.6. The number of methoxy groups -OCH3 is 1. The van der Waals surface area contributed by atoms with Gasteiger partial charge >= 0.3 is 0 Å². The first-order valence-electron chi connectivity index (χ1n) is 6.16. The lowest BCUT2D eigenvalue weighted by atomic mass is 9.98. The van der Waals surface area contributed by atoms with Gasteiger partial charge in [0.25, 0.3) is 0 Å². The highest BCUT2D eigenvalue weighted by Gasteiger charge is 2.21. The fourth-order valence-electron chi connectivity index (χ4n) is 2.55. The van der Waals surface area contributed by atoms with E-state index in [4.69, 9.17) is 10.5 Å². The summed E-state index contributed by atoms with van der Waals surface area (Å²) in [6.45, 7) is 5.02. The fourth-order valence-corrected chi connectivity index (χ4v) is 2.55. The predicted molar refractivity (Wildman–Crippen MR) is 70.2 cm³/mol. The van der Waals surface area contributed by atoms with E-state index in [0.717, 1.165) is 36.8 Å². The largest absolute Gasteiger partial charge is 0.397 e. The second-order valence-electron chi connectivity index (χ2n) is 4.82. The van der Waals surface area contributed by atoms with Gasteiger partial charge in [-0.2, -0.15) is 0 Å². The molecule has 0 bridgehead atoms. The zero-order valence-corrected chi connectivity index (χ0v) is 10.6. The Labute approximate surface area is 103 Å². The van der Waals surface area contributed by atoms with Crippen molar-refractivity contribution in [1.82, 2.24) is 4.98 Å². The van der Waals surface area contributed by atoms with E-state index in [1.165, 1.54) is 12.8 Å². The summed E-state index contributed by atoms with van der Waals surface area (Å²) < 4.78 is 5.25. The minimum atomic E-state index is 0.618. The van der Waals surface area contributed by atoms with Gasteiger partial charge in [0.05, 0.1) is 18.5 Å². The van der Waals surface area contributed by atoms with Crippen LogP contribution in [-0.4, -0.2) is 31.8 Å². The number of aromatic nitrogens is 1. The number of piperidine rings is 1. The molecule has 2 heterocycles. The molecule has 1 aromatic heterocycles. The number of anilines is 2. The first kappa shape index (κ1) is 12.2. The summed E-state index contributed by atoms with van der Waals surface area (Å²) in [7, 11) is 1.77. The second kappa shape index (κ2) is 5.36. The topological polar surface area (TPSA) is 51.4 Å². The second-order valence-corrected chi connectivity index (χ2v) is 4.82. The molecule has 1 atom stereocenters. The van der Waals surface area contributed by atoms with Gasteiger partial charge in [-0.3, -0.25) is 0 Å². The Morgan fingerprint density at radius 3 is 3.12 bits per heavy atom. The van der Waals surface area contributed by atoms with Crippen LogP contribution in [0, 0.1) is 12.8 Å². The molecule has 17 heavy (non-hydrogen) atoms. The average Bonchev–Trinajstić information content (AvgIpc) is 2.29. The molecule has 0 radical (unpaired) electrons. The van der Waals surface area contributed by atoms with E-state index in [1.807, 2.05) is 6.07 Å². The van der Waals surface area contributed by atoms with Crippen LogP contribution in [0.4, 0.5) is 11.5 Å². The SMILES string of the molecule is COCC1CCCN(c2ncc(N)cc2C)C1. The van der Waals surface area contributed by atoms with Gasteiger partial charge in [-0.05, 0) is 37.3 Å². The van der Waals surface area contributed by atoms with Crippen LogP contribution in [0.1, 0.15) is 18.4 Å². The van der Waals surface area contributed by atoms with Gasteiger partial charge in [0.15, 0.2) is 0 Å². The van der Waals surface area contributed by atoms with Crippen LogP contribution in [0.3, 0.4) is 0 Å². The maximum atomic E-state index is 5.73. The van der Waals surface area contributed by atoms with Gasteiger partial charge < -0.3 is 15.4 Å². The van der Waals surface area contributed by atoms with E-state index >= 15 is 0 Å². The monoisotopic (exact) mass is 235 g/mol. The van der Waals surface area contributed by atoms with E-state index in [2.05, 4.69) is 16.8 Å². The van der Waals surface area contributed by atoms with Crippen molar-refractivity contribution in [1.29, 1.82) is 0 Å². The van der Waals surface area contributed by atoms with E-state index in [-0.39, 0.29) is 0 Å². The summed E-state index contributed by atoms with van der Waals surface area (Å²) in [5.41, 5.74) is 7.62. The molecule has 4 heteroatoms. The molecule has 1 aliphatic rings. The van der Waals surface area contributed by atoms with Crippen molar-refractivity contribution >= 4 is 11.5 Å². The summed E-state index contributed by atoms with van der Waals surface area (Å²) >= 11 is 0. The van der Waals surface area contributed by atoms with Crippen LogP contribution in [0.2, 0.25) is 0 Å². The third-order valence-electron chi connectivity index (χ3n) is 3.29. The standard InChI is InChI=1S/C13H21N3O/c1-10-6-12(14)7-15-13(10)16-5-3-4-11(8-16)9-17-2/h6-7,11H,3-5,8-9,14H2,1-2H3. The third-order valence-corrected chi connectivity index (χ3v) is 3.29. The zero-order chi connectivity index (χ0) is 12.3. The highest BCUT2D eigenvalue weighted by Crippen LogP contribution is 2.25. The van der Waals surface area contributed by atoms with Crippen molar-refractivity contribution < 1.29 is 4.74 Å². The van der Waals surface area contributed by atoms with Gasteiger partial charge in [0.1, 0.15) is 5.82 Å². The van der Waals surface area contributed by atoms with Crippen molar-refractivity contribution in [3.63, 3.8) is 0 Å². The molecule has 1 unspecified atom stereocenters. The lowest BCUT2D eigenvalue weighted by molar-refractivity contribution is 0.143. The van der Waals surface area contributed by atoms with Gasteiger partial charge in [-0.25, -0.2) is 4.98 Å². The summed E-state index contributed by atoms with van der Waals surface area (Å²) in [5.74, 6) is 1.69. The van der Waals surface area contributed by atoms with E-state index in [1.54, 1.807) is 13.3 Å². The van der Waals surface area contributed by atoms with Crippen LogP contribution in [0.25, 0.3) is 0 Å². The Balaban J connectivity index is 2.10. The molecule has 0 amide bonds. The summed E-state index contributed by atoms with van der Waals surface area (Å²) in [4.78, 5) is 6.81. The third kappa shape index (κ3) is 2.88. The Morgan fingerprint density at radius 1 is 1.59 bits per heavy atom. The normalized spacial score (nSPS) is 20.6. The lowest BCUT2D eigenvalue weighted by Gasteiger charge is -2.34. The van der Waals surface area contributed by atoms with Crippen molar-refractivity contribution in [2.24, 2.45) is 5.92 Å². The molecule has 0 spiro atoms. The van der Waals surface area contributed by atoms with Crippen LogP contribution in [0.5, 0.6) is 0 Å². The quantitative estimate of drug-likeness (QED) is 0.868. The van der Waals surface area contributed by atoms with Crippen LogP contribution in [0.15, 0.2) is 12.3 Å². The molecule has 0 aromatic carbocycles. The van der Waals surface area contributed by atoms with Crippen molar-refractivity contribution in [3.05, 3.63) is 17.8 Å². The molecular weight excluding hydrogens is 214 g/mol. The number of nitrogens with two attached hydrogens (primary N) is 1. The van der Waals surface area contributed by atoms with Crippen LogP contribution < -0.4 is 10.6 Å². The number of hydrogen-bond donors (Lipinski definition) is 1. The molecular formula is C13H21N3O. The summed E-state index contributed by atoms with van der Waals surface area (Å²) in [6.07, 6.45) is 4.19. The number of nitrogen functional groups attached to an aromatic ring is 1. The molecule has 0 saturated carbocycles. The summed E-state index contributed by atoms with van der Waals surface area (Å²) in [6, 6.07) is 1.99. The lowest BCUT2D eigenvalue weighted by Crippen LogP contribution is -2.38. The minimum Gasteiger partial charge on any atom is -0.397 e. The molecule has 2 rings (SSSR count). The van der Waals surface area contributed by atoms with Gasteiger partial charge in [-0.1, -0.05) is 0 Å². The number of rotatable bonds is 3. The van der Waals surface area contributed by atoms with E-state index < -0.39 is 0 Å². The van der Waals surface area contributed by atoms with Crippen LogP contribution >= 0.6 is 0 Å². The molecule has 0 aliphatic carbocycles. The number of pyridine rings is 1. The molecule has 2 N–H and O–H groups in total. The first-order chi connectivity index (χ1) is 8.20. The number of hydrogen-bond acceptors (Lipinski definition) is 4. The Bertz CT molecular complexity index is 379. The smallest absolute Gasteiger partial charge is 0.131 e. The molecule has 1 aromatic rings. The highest BCUT2D eigenvalue weighted by molar-refractivity contribution is 5.52. The van der Waals surface area contributed by atoms with Crippen molar-refractivity contribution in [2.45, 2.75) is 19.8 Å². The van der Waals surface area contributed by atoms with Crippen LogP contribution in [-0.2, 0) is 4.74 Å². The van der Waals surface area contributed by atoms with Gasteiger partial charge in [0.2, 0.25) is 0 Å². The number of ether oxygens (including phenoxy) is 1. The molecule has 1 fully saturated rings. The molecule has 1 aliphatic heterocycles. The Morgan fingerprint density at radius 2 is 2.41 bits per heavy atom. The Hall–Kier alpha value is -1.29. The van der Waals surface area contributed by atoms with E-state index in [9.17, 15) is 0 Å².